The Balaban J connectivity index is 2.06. The highest BCUT2D eigenvalue weighted by molar-refractivity contribution is 6.03. The lowest BCUT2D eigenvalue weighted by atomic mass is 10.2. The molecule has 3 rings (SSSR count). The third-order valence-electron chi connectivity index (χ3n) is 3.36. The highest BCUT2D eigenvalue weighted by Gasteiger charge is 2.28. The van der Waals surface area contributed by atoms with Crippen molar-refractivity contribution in [2.75, 3.05) is 6.54 Å². The molecule has 1 fully saturated rings. The number of likely N-dealkylation sites (tertiary alicyclic amines) is 1. The Hall–Kier alpha value is -1.97. The van der Waals surface area contributed by atoms with Crippen molar-refractivity contribution in [1.29, 1.82) is 0 Å². The highest BCUT2D eigenvalue weighted by atomic mass is 16.2. The van der Waals surface area contributed by atoms with Gasteiger partial charge in [-0.05, 0) is 31.9 Å². The molecule has 0 unspecified atom stereocenters. The first-order chi connectivity index (χ1) is 8.77. The lowest BCUT2D eigenvalue weighted by Crippen LogP contribution is -2.34. The smallest absolute Gasteiger partial charge is 0.274 e. The minimum atomic E-state index is -0.0585. The Labute approximate surface area is 106 Å². The van der Waals surface area contributed by atoms with Crippen molar-refractivity contribution in [3.8, 4) is 0 Å². The quantitative estimate of drug-likeness (QED) is 0.766. The lowest BCUT2D eigenvalue weighted by molar-refractivity contribution is 0.0756. The van der Waals surface area contributed by atoms with Crippen molar-refractivity contribution in [1.82, 2.24) is 14.9 Å². The minimum absolute atomic E-state index is 0.0540. The van der Waals surface area contributed by atoms with Crippen LogP contribution in [0.15, 0.2) is 30.6 Å². The minimum Gasteiger partial charge on any atom is -0.334 e. The van der Waals surface area contributed by atoms with Gasteiger partial charge in [-0.15, -0.1) is 0 Å². The van der Waals surface area contributed by atoms with E-state index >= 15 is 0 Å². The summed E-state index contributed by atoms with van der Waals surface area (Å²) in [6.07, 6.45) is 5.32. The van der Waals surface area contributed by atoms with Crippen LogP contribution in [-0.2, 0) is 0 Å². The Morgan fingerprint density at radius 2 is 2.22 bits per heavy atom. The molecule has 0 bridgehead atoms. The van der Waals surface area contributed by atoms with Crippen molar-refractivity contribution in [2.24, 2.45) is 0 Å². The molecule has 2 aromatic heterocycles. The van der Waals surface area contributed by atoms with Crippen molar-refractivity contribution in [3.63, 3.8) is 0 Å². The van der Waals surface area contributed by atoms with Gasteiger partial charge < -0.3 is 4.90 Å². The Morgan fingerprint density at radius 3 is 3.00 bits per heavy atom. The lowest BCUT2D eigenvalue weighted by Gasteiger charge is -2.21. The zero-order valence-corrected chi connectivity index (χ0v) is 10.0. The average molecular weight is 240 g/mol. The molecule has 0 saturated carbocycles. The number of carbonyl (C=O) groups is 1. The number of carbonyl (C=O) groups excluding carboxylic acids is 1. The molecular formula is C14H14N3O. The fourth-order valence-corrected chi connectivity index (χ4v) is 2.40. The molecule has 3 heterocycles. The van der Waals surface area contributed by atoms with Gasteiger partial charge in [-0.3, -0.25) is 9.78 Å². The molecule has 2 aromatic rings. The molecule has 1 radical (unpaired) electrons. The third-order valence-corrected chi connectivity index (χ3v) is 3.36. The van der Waals surface area contributed by atoms with Crippen molar-refractivity contribution >= 4 is 16.8 Å². The monoisotopic (exact) mass is 240 g/mol. The van der Waals surface area contributed by atoms with E-state index in [1.165, 1.54) is 0 Å². The molecule has 0 spiro atoms. The molecule has 1 saturated heterocycles. The predicted molar refractivity (Wildman–Crippen MR) is 69.0 cm³/mol. The van der Waals surface area contributed by atoms with E-state index in [4.69, 9.17) is 0 Å². The van der Waals surface area contributed by atoms with Crippen LogP contribution in [0.5, 0.6) is 0 Å². The molecule has 1 aliphatic rings. The Kier molecular flexibility index (Phi) is 2.70. The number of nitrogens with zero attached hydrogens (tertiary/aromatic N) is 3. The summed E-state index contributed by atoms with van der Waals surface area (Å²) in [4.78, 5) is 22.7. The van der Waals surface area contributed by atoms with E-state index in [-0.39, 0.29) is 11.9 Å². The molecule has 91 valence electrons. The SMILES string of the molecule is [CH2][C@@H]1CCCN1C(=O)c1nccc2cccnc12. The van der Waals surface area contributed by atoms with Gasteiger partial charge in [0, 0.05) is 30.4 Å². The molecule has 4 nitrogen and oxygen atoms in total. The summed E-state index contributed by atoms with van der Waals surface area (Å²) in [5.74, 6) is -0.0585. The zero-order chi connectivity index (χ0) is 12.5. The standard InChI is InChI=1S/C14H14N3O/c1-10-4-3-9-17(10)14(18)13-12-11(6-8-16-13)5-2-7-15-12/h2,5-8,10H,1,3-4,9H2/t10-/m1/s1. The predicted octanol–water partition coefficient (Wildman–Crippen LogP) is 2.07. The molecule has 0 aromatic carbocycles. The first kappa shape index (κ1) is 11.1. The number of aromatic nitrogens is 2. The Bertz CT molecular complexity index is 591. The number of hydrogen-bond donors (Lipinski definition) is 0. The maximum absolute atomic E-state index is 12.5. The van der Waals surface area contributed by atoms with Gasteiger partial charge in [0.05, 0.1) is 0 Å². The number of pyridine rings is 2. The fraction of sp³-hybridized carbons (Fsp3) is 0.286. The summed E-state index contributed by atoms with van der Waals surface area (Å²) in [5.41, 5.74) is 1.10. The maximum atomic E-state index is 12.5. The average Bonchev–Trinajstić information content (AvgIpc) is 2.83. The largest absolute Gasteiger partial charge is 0.334 e. The van der Waals surface area contributed by atoms with Crippen LogP contribution in [0.1, 0.15) is 23.3 Å². The van der Waals surface area contributed by atoms with Crippen LogP contribution >= 0.6 is 0 Å². The van der Waals surface area contributed by atoms with Gasteiger partial charge in [-0.2, -0.15) is 0 Å². The molecule has 18 heavy (non-hydrogen) atoms. The summed E-state index contributed by atoms with van der Waals surface area (Å²) in [6, 6.07) is 5.71. The van der Waals surface area contributed by atoms with Crippen LogP contribution in [0.2, 0.25) is 0 Å². The molecule has 0 aliphatic carbocycles. The van der Waals surface area contributed by atoms with Crippen LogP contribution in [-0.4, -0.2) is 33.4 Å². The van der Waals surface area contributed by atoms with E-state index < -0.39 is 0 Å². The topological polar surface area (TPSA) is 46.1 Å². The second-order valence-electron chi connectivity index (χ2n) is 4.53. The summed E-state index contributed by atoms with van der Waals surface area (Å²) < 4.78 is 0. The van der Waals surface area contributed by atoms with Gasteiger partial charge in [0.2, 0.25) is 0 Å². The van der Waals surface area contributed by atoms with Crippen LogP contribution < -0.4 is 0 Å². The van der Waals surface area contributed by atoms with Crippen LogP contribution in [0.25, 0.3) is 10.9 Å². The molecule has 1 atom stereocenters. The van der Waals surface area contributed by atoms with Gasteiger partial charge in [-0.1, -0.05) is 6.07 Å². The first-order valence-electron chi connectivity index (χ1n) is 6.11. The van der Waals surface area contributed by atoms with Gasteiger partial charge in [-0.25, -0.2) is 4.98 Å². The summed E-state index contributed by atoms with van der Waals surface area (Å²) in [5, 5.41) is 0.940. The van der Waals surface area contributed by atoms with Crippen molar-refractivity contribution in [2.45, 2.75) is 18.9 Å². The number of hydrogen-bond acceptors (Lipinski definition) is 3. The molecular weight excluding hydrogens is 226 g/mol. The highest BCUT2D eigenvalue weighted by Crippen LogP contribution is 2.21. The van der Waals surface area contributed by atoms with E-state index in [0.29, 0.717) is 11.2 Å². The van der Waals surface area contributed by atoms with E-state index in [9.17, 15) is 4.79 Å². The summed E-state index contributed by atoms with van der Waals surface area (Å²) in [7, 11) is 0. The number of amides is 1. The summed E-state index contributed by atoms with van der Waals surface area (Å²) >= 11 is 0. The normalized spacial score (nSPS) is 19.4. The van der Waals surface area contributed by atoms with Crippen molar-refractivity contribution < 1.29 is 4.79 Å². The van der Waals surface area contributed by atoms with Crippen LogP contribution in [0.4, 0.5) is 0 Å². The van der Waals surface area contributed by atoms with Crippen LogP contribution in [0, 0.1) is 6.92 Å². The molecule has 1 amide bonds. The molecule has 1 aliphatic heterocycles. The van der Waals surface area contributed by atoms with Gasteiger partial charge in [0.1, 0.15) is 5.52 Å². The second-order valence-corrected chi connectivity index (χ2v) is 4.53. The Morgan fingerprint density at radius 1 is 1.33 bits per heavy atom. The van der Waals surface area contributed by atoms with E-state index in [2.05, 4.69) is 16.9 Å². The first-order valence-corrected chi connectivity index (χ1v) is 6.11. The summed E-state index contributed by atoms with van der Waals surface area (Å²) in [6.45, 7) is 4.76. The maximum Gasteiger partial charge on any atom is 0.274 e. The van der Waals surface area contributed by atoms with Gasteiger partial charge in [0.25, 0.3) is 5.91 Å². The van der Waals surface area contributed by atoms with E-state index in [0.717, 1.165) is 24.8 Å². The molecule has 4 heteroatoms. The van der Waals surface area contributed by atoms with E-state index in [1.54, 1.807) is 17.3 Å². The van der Waals surface area contributed by atoms with Crippen molar-refractivity contribution in [3.05, 3.63) is 43.2 Å². The number of fused-ring (bicyclic) bond motifs is 1. The van der Waals surface area contributed by atoms with E-state index in [1.807, 2.05) is 18.2 Å². The van der Waals surface area contributed by atoms with Crippen LogP contribution in [0.3, 0.4) is 0 Å². The zero-order valence-electron chi connectivity index (χ0n) is 10.0. The van der Waals surface area contributed by atoms with Gasteiger partial charge in [0.15, 0.2) is 5.69 Å². The third kappa shape index (κ3) is 1.74. The second kappa shape index (κ2) is 4.37. The van der Waals surface area contributed by atoms with Gasteiger partial charge >= 0.3 is 0 Å². The number of rotatable bonds is 1. The molecule has 0 N–H and O–H groups in total. The fourth-order valence-electron chi connectivity index (χ4n) is 2.40.